The smallest absolute Gasteiger partial charge is 0.00824 e. The average Bonchev–Trinajstić information content (AvgIpc) is 3.09. The van der Waals surface area contributed by atoms with E-state index in [1.807, 2.05) is 0 Å². The van der Waals surface area contributed by atoms with E-state index >= 15 is 0 Å². The Kier molecular flexibility index (Phi) is 5.46. The fourth-order valence-electron chi connectivity index (χ4n) is 9.51. The summed E-state index contributed by atoms with van der Waals surface area (Å²) in [7, 11) is 0. The first kappa shape index (κ1) is 21.8. The van der Waals surface area contributed by atoms with Crippen molar-refractivity contribution in [2.45, 2.75) is 98.3 Å². The van der Waals surface area contributed by atoms with Crippen LogP contribution >= 0.6 is 0 Å². The lowest BCUT2D eigenvalue weighted by atomic mass is 9.42. The first-order valence-electron chi connectivity index (χ1n) is 13.5. The molecule has 1 aromatic rings. The van der Waals surface area contributed by atoms with Crippen LogP contribution in [0.15, 0.2) is 36.4 Å². The average molecular weight is 419 g/mol. The topological polar surface area (TPSA) is 0 Å². The van der Waals surface area contributed by atoms with Gasteiger partial charge in [-0.25, -0.2) is 0 Å². The van der Waals surface area contributed by atoms with E-state index in [0.717, 1.165) is 29.6 Å². The molecule has 8 atom stereocenters. The molecule has 3 fully saturated rings. The number of allylic oxidation sites excluding steroid dienone is 1. The predicted octanol–water partition coefficient (Wildman–Crippen LogP) is 8.81. The molecule has 0 heteroatoms. The van der Waals surface area contributed by atoms with Gasteiger partial charge in [-0.05, 0) is 115 Å². The van der Waals surface area contributed by atoms with Gasteiger partial charge >= 0.3 is 0 Å². The number of fused-ring (bicyclic) bond motifs is 4. The van der Waals surface area contributed by atoms with E-state index in [1.54, 1.807) is 16.7 Å². The van der Waals surface area contributed by atoms with Crippen LogP contribution < -0.4 is 0 Å². The maximum atomic E-state index is 4.93. The summed E-state index contributed by atoms with van der Waals surface area (Å²) in [6, 6.07) is 9.20. The monoisotopic (exact) mass is 418 g/mol. The van der Waals surface area contributed by atoms with Gasteiger partial charge in [0.15, 0.2) is 0 Å². The number of hydrogen-bond donors (Lipinski definition) is 0. The minimum absolute atomic E-state index is 0.327. The molecular formula is C31H46. The third kappa shape index (κ3) is 3.29. The van der Waals surface area contributed by atoms with Gasteiger partial charge in [-0.2, -0.15) is 0 Å². The van der Waals surface area contributed by atoms with Gasteiger partial charge in [0, 0.05) is 0 Å². The Bertz CT molecular complexity index is 832. The van der Waals surface area contributed by atoms with Crippen molar-refractivity contribution in [1.82, 2.24) is 0 Å². The van der Waals surface area contributed by atoms with E-state index in [0.29, 0.717) is 22.7 Å². The summed E-state index contributed by atoms with van der Waals surface area (Å²) >= 11 is 0. The van der Waals surface area contributed by atoms with Crippen LogP contribution in [0.5, 0.6) is 0 Å². The van der Waals surface area contributed by atoms with Gasteiger partial charge < -0.3 is 0 Å². The Hall–Kier alpha value is -1.04. The van der Waals surface area contributed by atoms with Gasteiger partial charge in [-0.15, -0.1) is 0 Å². The molecule has 170 valence electrons. The van der Waals surface area contributed by atoms with Crippen molar-refractivity contribution in [3.05, 3.63) is 47.5 Å². The minimum atomic E-state index is 0.327. The molecule has 0 aliphatic heterocycles. The third-order valence-corrected chi connectivity index (χ3v) is 11.4. The van der Waals surface area contributed by atoms with Gasteiger partial charge in [0.25, 0.3) is 0 Å². The molecular weight excluding hydrogens is 372 g/mol. The Morgan fingerprint density at radius 1 is 1.03 bits per heavy atom. The minimum Gasteiger partial charge on any atom is -0.0990 e. The number of hydrogen-bond acceptors (Lipinski definition) is 0. The van der Waals surface area contributed by atoms with Crippen molar-refractivity contribution in [3.63, 3.8) is 0 Å². The highest BCUT2D eigenvalue weighted by Gasteiger charge is 2.58. The zero-order chi connectivity index (χ0) is 22.0. The lowest BCUT2D eigenvalue weighted by Crippen LogP contribution is -2.54. The van der Waals surface area contributed by atoms with E-state index in [1.165, 1.54) is 57.8 Å². The van der Waals surface area contributed by atoms with E-state index in [-0.39, 0.29) is 0 Å². The second kappa shape index (κ2) is 7.78. The van der Waals surface area contributed by atoms with E-state index in [9.17, 15) is 0 Å². The Morgan fingerprint density at radius 3 is 2.55 bits per heavy atom. The molecule has 8 unspecified atom stereocenters. The van der Waals surface area contributed by atoms with E-state index in [2.05, 4.69) is 58.9 Å². The highest BCUT2D eigenvalue weighted by Crippen LogP contribution is 2.67. The summed E-state index contributed by atoms with van der Waals surface area (Å²) in [5.41, 5.74) is 5.65. The standard InChI is InChI=1S/C31H46/c1-20(2)23-12-14-28-25(18-23)13-15-29-30(5,16-9-17-31(28,29)6)22(4)27-19-24-10-7-8-11-26(24)21(27)3/h7-8,10-11,20-21,23,25,27-29H,4,9,12-19H2,1-3,5-6H3. The number of rotatable bonds is 3. The van der Waals surface area contributed by atoms with Crippen molar-refractivity contribution in [2.75, 3.05) is 0 Å². The SMILES string of the molecule is C=C(C1Cc2ccccc2C1C)C1(C)CCCC2(C)C3CCC(C(C)C)CC3CCC12. The highest BCUT2D eigenvalue weighted by molar-refractivity contribution is 5.40. The zero-order valence-electron chi connectivity index (χ0n) is 20.9. The lowest BCUT2D eigenvalue weighted by Gasteiger charge is -2.63. The van der Waals surface area contributed by atoms with Crippen LogP contribution in [0.1, 0.15) is 103 Å². The van der Waals surface area contributed by atoms with Gasteiger partial charge in [0.1, 0.15) is 0 Å². The molecule has 0 N–H and O–H groups in total. The second-order valence-electron chi connectivity index (χ2n) is 12.9. The molecule has 0 radical (unpaired) electrons. The summed E-state index contributed by atoms with van der Waals surface area (Å²) in [6.45, 7) is 17.7. The summed E-state index contributed by atoms with van der Waals surface area (Å²) in [4.78, 5) is 0. The first-order chi connectivity index (χ1) is 14.8. The van der Waals surface area contributed by atoms with Crippen molar-refractivity contribution in [3.8, 4) is 0 Å². The van der Waals surface area contributed by atoms with Crippen LogP contribution in [0, 0.1) is 46.3 Å². The predicted molar refractivity (Wildman–Crippen MR) is 133 cm³/mol. The van der Waals surface area contributed by atoms with Crippen LogP contribution in [0.2, 0.25) is 0 Å². The summed E-state index contributed by atoms with van der Waals surface area (Å²) in [5.74, 6) is 5.91. The maximum Gasteiger partial charge on any atom is -0.00824 e. The second-order valence-corrected chi connectivity index (χ2v) is 12.9. The molecule has 0 amide bonds. The van der Waals surface area contributed by atoms with Crippen molar-refractivity contribution in [1.29, 1.82) is 0 Å². The normalized spacial score (nSPS) is 44.5. The van der Waals surface area contributed by atoms with Gasteiger partial charge in [0.05, 0.1) is 0 Å². The van der Waals surface area contributed by atoms with Crippen molar-refractivity contribution >= 4 is 0 Å². The largest absolute Gasteiger partial charge is 0.0990 e. The molecule has 4 aliphatic rings. The molecule has 3 saturated carbocycles. The van der Waals surface area contributed by atoms with Gasteiger partial charge in [-0.3, -0.25) is 0 Å². The van der Waals surface area contributed by atoms with Crippen LogP contribution in [-0.4, -0.2) is 0 Å². The Balaban J connectivity index is 1.41. The Labute approximate surface area is 192 Å². The van der Waals surface area contributed by atoms with Gasteiger partial charge in [0.2, 0.25) is 0 Å². The summed E-state index contributed by atoms with van der Waals surface area (Å²) in [5, 5.41) is 0. The molecule has 5 rings (SSSR count). The quantitative estimate of drug-likeness (QED) is 0.430. The third-order valence-electron chi connectivity index (χ3n) is 11.4. The van der Waals surface area contributed by atoms with E-state index in [4.69, 9.17) is 6.58 Å². The lowest BCUT2D eigenvalue weighted by molar-refractivity contribution is -0.113. The summed E-state index contributed by atoms with van der Waals surface area (Å²) in [6.07, 6.45) is 12.9. The van der Waals surface area contributed by atoms with Crippen LogP contribution in [-0.2, 0) is 6.42 Å². The first-order valence-corrected chi connectivity index (χ1v) is 13.5. The fourth-order valence-corrected chi connectivity index (χ4v) is 9.51. The van der Waals surface area contributed by atoms with Crippen LogP contribution in [0.25, 0.3) is 0 Å². The fraction of sp³-hybridized carbons (Fsp3) is 0.742. The van der Waals surface area contributed by atoms with Crippen molar-refractivity contribution < 1.29 is 0 Å². The molecule has 1 aromatic carbocycles. The van der Waals surface area contributed by atoms with Crippen LogP contribution in [0.4, 0.5) is 0 Å². The van der Waals surface area contributed by atoms with E-state index < -0.39 is 0 Å². The highest BCUT2D eigenvalue weighted by atomic mass is 14.6. The molecule has 4 aliphatic carbocycles. The molecule has 0 heterocycles. The number of benzene rings is 1. The van der Waals surface area contributed by atoms with Gasteiger partial charge in [-0.1, -0.05) is 77.5 Å². The molecule has 0 bridgehead atoms. The molecule has 0 nitrogen and oxygen atoms in total. The molecule has 31 heavy (non-hydrogen) atoms. The zero-order valence-corrected chi connectivity index (χ0v) is 20.9. The molecule has 0 spiro atoms. The maximum absolute atomic E-state index is 4.93. The molecule has 0 aromatic heterocycles. The van der Waals surface area contributed by atoms with Crippen molar-refractivity contribution in [2.24, 2.45) is 46.3 Å². The summed E-state index contributed by atoms with van der Waals surface area (Å²) < 4.78 is 0. The van der Waals surface area contributed by atoms with Crippen LogP contribution in [0.3, 0.4) is 0 Å². The Morgan fingerprint density at radius 2 is 1.81 bits per heavy atom. The molecule has 0 saturated heterocycles.